The predicted molar refractivity (Wildman–Crippen MR) is 85.4 cm³/mol. The third kappa shape index (κ3) is 2.44. The molecule has 2 heterocycles. The van der Waals surface area contributed by atoms with E-state index in [1.54, 1.807) is 11.8 Å². The maximum Gasteiger partial charge on any atom is 0.210 e. The van der Waals surface area contributed by atoms with Gasteiger partial charge in [0.1, 0.15) is 0 Å². The van der Waals surface area contributed by atoms with Gasteiger partial charge in [0.05, 0.1) is 6.04 Å². The zero-order valence-electron chi connectivity index (χ0n) is 12.4. The first kappa shape index (κ1) is 13.2. The average Bonchev–Trinajstić information content (AvgIpc) is 3.26. The highest BCUT2D eigenvalue weighted by Crippen LogP contribution is 2.41. The molecule has 2 aromatic rings. The number of rotatable bonds is 3. The lowest BCUT2D eigenvalue weighted by Gasteiger charge is -2.26. The summed E-state index contributed by atoms with van der Waals surface area (Å²) in [7, 11) is 0. The Bertz CT molecular complexity index is 643. The van der Waals surface area contributed by atoms with Crippen molar-refractivity contribution in [2.45, 2.75) is 49.7 Å². The van der Waals surface area contributed by atoms with Crippen LogP contribution in [-0.2, 0) is 0 Å². The molecule has 1 atom stereocenters. The summed E-state index contributed by atoms with van der Waals surface area (Å²) in [5.74, 6) is 3.31. The number of nitrogens with one attached hydrogen (secondary N) is 1. The molecule has 1 aliphatic heterocycles. The molecule has 1 fully saturated rings. The van der Waals surface area contributed by atoms with Crippen molar-refractivity contribution in [3.05, 3.63) is 41.2 Å². The van der Waals surface area contributed by atoms with Gasteiger partial charge in [0.2, 0.25) is 5.16 Å². The van der Waals surface area contributed by atoms with Gasteiger partial charge in [-0.1, -0.05) is 49.9 Å². The van der Waals surface area contributed by atoms with E-state index < -0.39 is 0 Å². The Morgan fingerprint density at radius 3 is 2.62 bits per heavy atom. The van der Waals surface area contributed by atoms with Crippen LogP contribution < -0.4 is 5.43 Å². The van der Waals surface area contributed by atoms with Crippen LogP contribution in [0.4, 0.5) is 0 Å². The summed E-state index contributed by atoms with van der Waals surface area (Å²) >= 11 is 1.80. The fourth-order valence-corrected chi connectivity index (χ4v) is 3.69. The molecular formula is C16H20N4S. The van der Waals surface area contributed by atoms with Gasteiger partial charge >= 0.3 is 0 Å². The van der Waals surface area contributed by atoms with Crippen LogP contribution in [0, 0.1) is 0 Å². The Labute approximate surface area is 129 Å². The van der Waals surface area contributed by atoms with Crippen molar-refractivity contribution in [2.75, 3.05) is 11.2 Å². The van der Waals surface area contributed by atoms with E-state index in [1.807, 2.05) is 0 Å². The number of fused-ring (bicyclic) bond motifs is 1. The SMILES string of the molecule is CC(C)c1ccc(C2CSc3nnc(C4CC4)n3N2)cc1. The molecule has 1 aromatic carbocycles. The smallest absolute Gasteiger partial charge is 0.210 e. The van der Waals surface area contributed by atoms with Crippen molar-refractivity contribution in [3.8, 4) is 0 Å². The van der Waals surface area contributed by atoms with Gasteiger partial charge in [0.15, 0.2) is 5.82 Å². The van der Waals surface area contributed by atoms with Crippen LogP contribution >= 0.6 is 11.8 Å². The Morgan fingerprint density at radius 2 is 1.95 bits per heavy atom. The molecule has 1 N–H and O–H groups in total. The third-order valence-electron chi connectivity index (χ3n) is 4.27. The molecule has 21 heavy (non-hydrogen) atoms. The summed E-state index contributed by atoms with van der Waals surface area (Å²) < 4.78 is 2.12. The van der Waals surface area contributed by atoms with Crippen molar-refractivity contribution < 1.29 is 0 Å². The van der Waals surface area contributed by atoms with Gasteiger partial charge in [-0.25, -0.2) is 4.68 Å². The fourth-order valence-electron chi connectivity index (χ4n) is 2.74. The summed E-state index contributed by atoms with van der Waals surface area (Å²) in [6.07, 6.45) is 2.50. The van der Waals surface area contributed by atoms with E-state index in [1.165, 1.54) is 24.0 Å². The van der Waals surface area contributed by atoms with E-state index in [0.717, 1.165) is 16.7 Å². The second kappa shape index (κ2) is 5.05. The van der Waals surface area contributed by atoms with Crippen molar-refractivity contribution in [3.63, 3.8) is 0 Å². The van der Waals surface area contributed by atoms with E-state index in [0.29, 0.717) is 17.9 Å². The lowest BCUT2D eigenvalue weighted by molar-refractivity contribution is 0.633. The van der Waals surface area contributed by atoms with Crippen molar-refractivity contribution >= 4 is 11.8 Å². The molecule has 4 nitrogen and oxygen atoms in total. The summed E-state index contributed by atoms with van der Waals surface area (Å²) in [6, 6.07) is 9.32. The number of benzene rings is 1. The minimum Gasteiger partial charge on any atom is -0.314 e. The Kier molecular flexibility index (Phi) is 3.17. The van der Waals surface area contributed by atoms with E-state index in [-0.39, 0.29) is 0 Å². The first-order valence-corrected chi connectivity index (χ1v) is 8.65. The monoisotopic (exact) mass is 300 g/mol. The standard InChI is InChI=1S/C16H20N4S/c1-10(2)11-3-5-12(6-4-11)14-9-21-16-18-17-15(13-7-8-13)20(16)19-14/h3-6,10,13-14,19H,7-9H2,1-2H3. The number of thioether (sulfide) groups is 1. The molecule has 1 aromatic heterocycles. The summed E-state index contributed by atoms with van der Waals surface area (Å²) in [5.41, 5.74) is 6.34. The van der Waals surface area contributed by atoms with E-state index >= 15 is 0 Å². The highest BCUT2D eigenvalue weighted by molar-refractivity contribution is 7.99. The predicted octanol–water partition coefficient (Wildman–Crippen LogP) is 3.67. The molecule has 4 rings (SSSR count). The third-order valence-corrected chi connectivity index (χ3v) is 5.29. The molecule has 0 spiro atoms. The summed E-state index contributed by atoms with van der Waals surface area (Å²) in [4.78, 5) is 0. The number of hydrogen-bond acceptors (Lipinski definition) is 4. The second-order valence-electron chi connectivity index (χ2n) is 6.26. The lowest BCUT2D eigenvalue weighted by Crippen LogP contribution is -2.29. The maximum absolute atomic E-state index is 4.35. The molecule has 1 unspecified atom stereocenters. The average molecular weight is 300 g/mol. The summed E-state index contributed by atoms with van der Waals surface area (Å²) in [5, 5.41) is 9.66. The molecule has 0 bridgehead atoms. The zero-order chi connectivity index (χ0) is 14.4. The van der Waals surface area contributed by atoms with Gasteiger partial charge in [-0.2, -0.15) is 0 Å². The molecule has 0 radical (unpaired) electrons. The first-order chi connectivity index (χ1) is 10.2. The van der Waals surface area contributed by atoms with Crippen LogP contribution in [0.5, 0.6) is 0 Å². The normalized spacial score (nSPS) is 21.2. The number of hydrogen-bond donors (Lipinski definition) is 1. The summed E-state index contributed by atoms with van der Waals surface area (Å²) in [6.45, 7) is 4.46. The van der Waals surface area contributed by atoms with Crippen LogP contribution in [-0.4, -0.2) is 20.6 Å². The highest BCUT2D eigenvalue weighted by atomic mass is 32.2. The number of aromatic nitrogens is 3. The van der Waals surface area contributed by atoms with Crippen LogP contribution in [0.1, 0.15) is 61.5 Å². The van der Waals surface area contributed by atoms with Gasteiger partial charge in [0.25, 0.3) is 0 Å². The van der Waals surface area contributed by atoms with Gasteiger partial charge in [-0.3, -0.25) is 0 Å². The molecule has 5 heteroatoms. The Morgan fingerprint density at radius 1 is 1.19 bits per heavy atom. The zero-order valence-corrected chi connectivity index (χ0v) is 13.2. The second-order valence-corrected chi connectivity index (χ2v) is 7.25. The maximum atomic E-state index is 4.35. The van der Waals surface area contributed by atoms with Gasteiger partial charge in [-0.15, -0.1) is 10.2 Å². The molecule has 110 valence electrons. The van der Waals surface area contributed by atoms with Gasteiger partial charge in [-0.05, 0) is 29.9 Å². The molecule has 2 aliphatic rings. The van der Waals surface area contributed by atoms with Gasteiger partial charge in [0, 0.05) is 11.7 Å². The van der Waals surface area contributed by atoms with Crippen molar-refractivity contribution in [2.24, 2.45) is 0 Å². The topological polar surface area (TPSA) is 42.7 Å². The Balaban J connectivity index is 1.58. The van der Waals surface area contributed by atoms with Crippen molar-refractivity contribution in [1.82, 2.24) is 14.9 Å². The number of nitrogens with zero attached hydrogens (tertiary/aromatic N) is 3. The largest absolute Gasteiger partial charge is 0.314 e. The minimum atomic E-state index is 0.331. The van der Waals surface area contributed by atoms with E-state index in [4.69, 9.17) is 0 Å². The van der Waals surface area contributed by atoms with E-state index in [9.17, 15) is 0 Å². The minimum absolute atomic E-state index is 0.331. The van der Waals surface area contributed by atoms with Crippen LogP contribution in [0.15, 0.2) is 29.4 Å². The quantitative estimate of drug-likeness (QED) is 0.939. The lowest BCUT2D eigenvalue weighted by atomic mass is 10.00. The van der Waals surface area contributed by atoms with E-state index in [2.05, 4.69) is 58.4 Å². The fraction of sp³-hybridized carbons (Fsp3) is 0.500. The first-order valence-electron chi connectivity index (χ1n) is 7.67. The van der Waals surface area contributed by atoms with Gasteiger partial charge < -0.3 is 5.43 Å². The Hall–Kier alpha value is -1.49. The molecule has 1 aliphatic carbocycles. The van der Waals surface area contributed by atoms with Crippen LogP contribution in [0.25, 0.3) is 0 Å². The van der Waals surface area contributed by atoms with Crippen LogP contribution in [0.3, 0.4) is 0 Å². The molecule has 0 amide bonds. The molecular weight excluding hydrogens is 280 g/mol. The van der Waals surface area contributed by atoms with Crippen molar-refractivity contribution in [1.29, 1.82) is 0 Å². The van der Waals surface area contributed by atoms with Crippen LogP contribution in [0.2, 0.25) is 0 Å². The molecule has 0 saturated heterocycles. The molecule has 1 saturated carbocycles. The highest BCUT2D eigenvalue weighted by Gasteiger charge is 2.33.